The lowest BCUT2D eigenvalue weighted by atomic mass is 9.87. The van der Waals surface area contributed by atoms with Gasteiger partial charge in [0.25, 0.3) is 10.1 Å². The number of halogens is 2. The largest absolute Gasteiger partial charge is 0.743 e. The molecule has 10 heteroatoms. The highest BCUT2D eigenvalue weighted by Crippen LogP contribution is 2.26. The second-order valence-corrected chi connectivity index (χ2v) is 8.70. The minimum atomic E-state index is -6.01. The van der Waals surface area contributed by atoms with E-state index in [-0.39, 0.29) is 5.41 Å². The number of hydrogen-bond acceptors (Lipinski definition) is 6. The van der Waals surface area contributed by atoms with Gasteiger partial charge < -0.3 is 4.55 Å². The molecular formula is C12H15F2O6S2-. The second kappa shape index (κ2) is 5.84. The van der Waals surface area contributed by atoms with Crippen molar-refractivity contribution >= 4 is 20.2 Å². The highest BCUT2D eigenvalue weighted by Gasteiger charge is 2.40. The molecule has 0 atom stereocenters. The van der Waals surface area contributed by atoms with Gasteiger partial charge in [-0.1, -0.05) is 32.9 Å². The van der Waals surface area contributed by atoms with Crippen LogP contribution in [0.3, 0.4) is 0 Å². The van der Waals surface area contributed by atoms with Gasteiger partial charge in [0, 0.05) is 0 Å². The summed E-state index contributed by atoms with van der Waals surface area (Å²) >= 11 is 0. The Balaban J connectivity index is 2.97. The molecule has 0 heterocycles. The van der Waals surface area contributed by atoms with Crippen LogP contribution in [0.2, 0.25) is 0 Å². The highest BCUT2D eigenvalue weighted by molar-refractivity contribution is 7.87. The van der Waals surface area contributed by atoms with Crippen molar-refractivity contribution in [1.29, 1.82) is 0 Å². The Morgan fingerprint density at radius 1 is 1.05 bits per heavy atom. The molecule has 0 radical (unpaired) electrons. The summed E-state index contributed by atoms with van der Waals surface area (Å²) in [5.41, 5.74) is 0.561. The molecular weight excluding hydrogens is 342 g/mol. The molecule has 0 saturated heterocycles. The van der Waals surface area contributed by atoms with Gasteiger partial charge >= 0.3 is 5.25 Å². The van der Waals surface area contributed by atoms with Crippen molar-refractivity contribution in [1.82, 2.24) is 0 Å². The standard InChI is InChI=1S/C12H16F2O6S2/c1-11(2,3)9-4-6-10(7-5-9)21(15,16)20-8-12(13,14)22(17,18)19/h4-7H,8H2,1-3H3,(H,17,18,19)/p-1. The van der Waals surface area contributed by atoms with Crippen molar-refractivity contribution in [3.05, 3.63) is 29.8 Å². The van der Waals surface area contributed by atoms with Crippen molar-refractivity contribution in [2.75, 3.05) is 6.61 Å². The summed E-state index contributed by atoms with van der Waals surface area (Å²) in [7, 11) is -10.6. The second-order valence-electron chi connectivity index (χ2n) is 5.58. The molecule has 0 aromatic heterocycles. The molecule has 0 aliphatic carbocycles. The van der Waals surface area contributed by atoms with Crippen LogP contribution < -0.4 is 0 Å². The Bertz CT molecular complexity index is 731. The van der Waals surface area contributed by atoms with Crippen LogP contribution in [-0.4, -0.2) is 33.2 Å². The average molecular weight is 357 g/mol. The number of alkyl halides is 2. The Morgan fingerprint density at radius 3 is 1.86 bits per heavy atom. The van der Waals surface area contributed by atoms with Crippen LogP contribution in [0.4, 0.5) is 8.78 Å². The van der Waals surface area contributed by atoms with Gasteiger partial charge in [0.05, 0.1) is 4.90 Å². The lowest BCUT2D eigenvalue weighted by molar-refractivity contribution is 0.0303. The molecule has 0 spiro atoms. The van der Waals surface area contributed by atoms with Crippen LogP contribution in [0.25, 0.3) is 0 Å². The van der Waals surface area contributed by atoms with Crippen molar-refractivity contribution in [2.24, 2.45) is 0 Å². The molecule has 1 aromatic rings. The highest BCUT2D eigenvalue weighted by atomic mass is 32.2. The van der Waals surface area contributed by atoms with Crippen molar-refractivity contribution < 1.29 is 34.4 Å². The van der Waals surface area contributed by atoms with E-state index < -0.39 is 37.0 Å². The van der Waals surface area contributed by atoms with Gasteiger partial charge in [-0.05, 0) is 23.1 Å². The number of hydrogen-bond donors (Lipinski definition) is 0. The summed E-state index contributed by atoms with van der Waals surface area (Å²) in [4.78, 5) is -0.417. The van der Waals surface area contributed by atoms with Crippen LogP contribution in [-0.2, 0) is 29.8 Å². The first-order valence-corrected chi connectivity index (χ1v) is 8.82. The third kappa shape index (κ3) is 4.45. The summed E-state index contributed by atoms with van der Waals surface area (Å²) < 4.78 is 84.1. The minimum Gasteiger partial charge on any atom is -0.743 e. The zero-order chi connectivity index (χ0) is 17.4. The van der Waals surface area contributed by atoms with E-state index in [0.29, 0.717) is 0 Å². The van der Waals surface area contributed by atoms with Crippen LogP contribution in [0.15, 0.2) is 29.2 Å². The third-order valence-corrected chi connectivity index (χ3v) is 4.88. The molecule has 0 saturated carbocycles. The Morgan fingerprint density at radius 2 is 1.50 bits per heavy atom. The summed E-state index contributed by atoms with van der Waals surface area (Å²) in [6.45, 7) is 3.62. The van der Waals surface area contributed by atoms with Gasteiger partial charge in [0.2, 0.25) is 0 Å². The molecule has 0 fully saturated rings. The molecule has 0 N–H and O–H groups in total. The summed E-state index contributed by atoms with van der Waals surface area (Å²) in [5, 5.41) is -4.83. The number of benzene rings is 1. The van der Waals surface area contributed by atoms with E-state index in [1.54, 1.807) is 0 Å². The van der Waals surface area contributed by atoms with Gasteiger partial charge in [0.15, 0.2) is 10.1 Å². The van der Waals surface area contributed by atoms with Crippen LogP contribution in [0, 0.1) is 0 Å². The smallest absolute Gasteiger partial charge is 0.358 e. The maximum atomic E-state index is 12.9. The molecule has 0 aliphatic rings. The molecule has 1 rings (SSSR count). The molecule has 126 valence electrons. The maximum Gasteiger partial charge on any atom is 0.358 e. The molecule has 6 nitrogen and oxygen atoms in total. The van der Waals surface area contributed by atoms with E-state index in [9.17, 15) is 30.2 Å². The summed E-state index contributed by atoms with van der Waals surface area (Å²) in [5.74, 6) is 0. The van der Waals surface area contributed by atoms with Gasteiger partial charge in [-0.3, -0.25) is 4.18 Å². The fourth-order valence-corrected chi connectivity index (χ4v) is 2.59. The van der Waals surface area contributed by atoms with E-state index in [4.69, 9.17) is 0 Å². The first kappa shape index (κ1) is 18.9. The normalized spacial score (nSPS) is 14.1. The Labute approximate surface area is 128 Å². The monoisotopic (exact) mass is 357 g/mol. The van der Waals surface area contributed by atoms with E-state index >= 15 is 0 Å². The van der Waals surface area contributed by atoms with Gasteiger partial charge in [0.1, 0.15) is 6.61 Å². The molecule has 1 aromatic carbocycles. The van der Waals surface area contributed by atoms with Crippen molar-refractivity contribution in [2.45, 2.75) is 36.3 Å². The quantitative estimate of drug-likeness (QED) is 0.589. The molecule has 0 unspecified atom stereocenters. The van der Waals surface area contributed by atoms with Gasteiger partial charge in [-0.2, -0.15) is 17.2 Å². The summed E-state index contributed by atoms with van der Waals surface area (Å²) in [6, 6.07) is 5.27. The van der Waals surface area contributed by atoms with E-state index in [1.807, 2.05) is 20.8 Å². The Kier molecular flexibility index (Phi) is 5.03. The van der Waals surface area contributed by atoms with Crippen LogP contribution in [0.5, 0.6) is 0 Å². The SMILES string of the molecule is CC(C)(C)c1ccc(S(=O)(=O)OCC(F)(F)S(=O)(=O)[O-])cc1. The van der Waals surface area contributed by atoms with Crippen molar-refractivity contribution in [3.8, 4) is 0 Å². The van der Waals surface area contributed by atoms with E-state index in [0.717, 1.165) is 17.7 Å². The predicted octanol–water partition coefficient (Wildman–Crippen LogP) is 1.83. The summed E-state index contributed by atoms with van der Waals surface area (Å²) in [6.07, 6.45) is 0. The van der Waals surface area contributed by atoms with Gasteiger partial charge in [-0.15, -0.1) is 0 Å². The molecule has 22 heavy (non-hydrogen) atoms. The van der Waals surface area contributed by atoms with E-state index in [2.05, 4.69) is 4.18 Å². The maximum absolute atomic E-state index is 12.9. The first-order valence-electron chi connectivity index (χ1n) is 6.00. The zero-order valence-corrected chi connectivity index (χ0v) is 13.7. The lowest BCUT2D eigenvalue weighted by Gasteiger charge is -2.20. The molecule has 0 aliphatic heterocycles. The van der Waals surface area contributed by atoms with Crippen LogP contribution >= 0.6 is 0 Å². The third-order valence-electron chi connectivity index (χ3n) is 2.76. The fraction of sp³-hybridized carbons (Fsp3) is 0.500. The van der Waals surface area contributed by atoms with E-state index in [1.165, 1.54) is 12.1 Å². The van der Waals surface area contributed by atoms with Gasteiger partial charge in [-0.25, -0.2) is 8.42 Å². The number of rotatable bonds is 5. The zero-order valence-electron chi connectivity index (χ0n) is 12.0. The Hall–Kier alpha value is -1.10. The topological polar surface area (TPSA) is 101 Å². The molecule has 0 amide bonds. The van der Waals surface area contributed by atoms with Crippen LogP contribution in [0.1, 0.15) is 26.3 Å². The molecule has 0 bridgehead atoms. The fourth-order valence-electron chi connectivity index (χ4n) is 1.41. The lowest BCUT2D eigenvalue weighted by Crippen LogP contribution is -2.34. The predicted molar refractivity (Wildman–Crippen MR) is 72.9 cm³/mol. The average Bonchev–Trinajstić information content (AvgIpc) is 2.34. The minimum absolute atomic E-state index is 0.243. The first-order chi connectivity index (χ1) is 9.67. The van der Waals surface area contributed by atoms with Crippen molar-refractivity contribution in [3.63, 3.8) is 0 Å².